The van der Waals surface area contributed by atoms with Crippen molar-refractivity contribution in [1.29, 1.82) is 0 Å². The second-order valence-electron chi connectivity index (χ2n) is 8.86. The van der Waals surface area contributed by atoms with Crippen molar-refractivity contribution in [3.63, 3.8) is 0 Å². The molecule has 1 unspecified atom stereocenters. The molecule has 1 saturated heterocycles. The fraction of sp³-hybridized carbons (Fsp3) is 0.259. The van der Waals surface area contributed by atoms with Crippen molar-refractivity contribution in [2.45, 2.75) is 25.9 Å². The molecule has 2 N–H and O–H groups in total. The number of para-hydroxylation sites is 1. The number of amides is 2. The van der Waals surface area contributed by atoms with Crippen molar-refractivity contribution < 1.29 is 18.5 Å². The number of carbonyl (C=O) groups is 2. The van der Waals surface area contributed by atoms with Crippen LogP contribution in [-0.2, 0) is 17.9 Å². The van der Waals surface area contributed by atoms with E-state index >= 15 is 0 Å². The molecule has 9 nitrogen and oxygen atoms in total. The highest BCUT2D eigenvalue weighted by atomic mass is 35.5. The minimum Gasteiger partial charge on any atom is -0.467 e. The van der Waals surface area contributed by atoms with Crippen molar-refractivity contribution in [2.24, 2.45) is 5.92 Å². The van der Waals surface area contributed by atoms with Gasteiger partial charge in [0.05, 0.1) is 41.5 Å². The van der Waals surface area contributed by atoms with Crippen LogP contribution in [0.15, 0.2) is 75.9 Å². The summed E-state index contributed by atoms with van der Waals surface area (Å²) in [6.07, 6.45) is 3.16. The highest BCUT2D eigenvalue weighted by Gasteiger charge is 2.28. The van der Waals surface area contributed by atoms with E-state index in [9.17, 15) is 9.59 Å². The third kappa shape index (κ3) is 6.07. The van der Waals surface area contributed by atoms with Crippen LogP contribution in [-0.4, -0.2) is 39.9 Å². The first-order valence-corrected chi connectivity index (χ1v) is 12.4. The third-order valence-corrected chi connectivity index (χ3v) is 6.58. The number of furan rings is 1. The molecule has 0 aliphatic carbocycles. The third-order valence-electron chi connectivity index (χ3n) is 6.25. The summed E-state index contributed by atoms with van der Waals surface area (Å²) in [4.78, 5) is 32.5. The maximum atomic E-state index is 13.2. The molecule has 1 atom stereocenters. The number of likely N-dealkylation sites (tertiary alicyclic amines) is 1. The molecule has 0 saturated carbocycles. The topological polar surface area (TPSA) is 114 Å². The number of piperidine rings is 1. The largest absolute Gasteiger partial charge is 0.467 e. The van der Waals surface area contributed by atoms with Crippen LogP contribution in [0.3, 0.4) is 0 Å². The van der Waals surface area contributed by atoms with Crippen molar-refractivity contribution in [2.75, 3.05) is 18.4 Å². The van der Waals surface area contributed by atoms with Gasteiger partial charge >= 0.3 is 0 Å². The van der Waals surface area contributed by atoms with E-state index in [-0.39, 0.29) is 24.3 Å². The quantitative estimate of drug-likeness (QED) is 0.345. The molecule has 1 aliphatic rings. The molecule has 4 aromatic rings. The van der Waals surface area contributed by atoms with Crippen molar-refractivity contribution >= 4 is 29.1 Å². The van der Waals surface area contributed by atoms with E-state index < -0.39 is 0 Å². The van der Waals surface area contributed by atoms with Crippen LogP contribution in [0.1, 0.15) is 34.9 Å². The van der Waals surface area contributed by atoms with Crippen molar-refractivity contribution in [3.8, 4) is 11.4 Å². The smallest absolute Gasteiger partial charge is 0.253 e. The zero-order chi connectivity index (χ0) is 25.6. The SMILES string of the molecule is O=C(NCc1ccco1)c1ccccc1NC(=O)C1CCCN(Cc2nc(-c3ccccc3Cl)no2)C1. The second kappa shape index (κ2) is 11.4. The van der Waals surface area contributed by atoms with Crippen molar-refractivity contribution in [1.82, 2.24) is 20.4 Å². The summed E-state index contributed by atoms with van der Waals surface area (Å²) in [6.45, 7) is 2.06. The first-order chi connectivity index (χ1) is 18.1. The van der Waals surface area contributed by atoms with Gasteiger partial charge in [-0.25, -0.2) is 0 Å². The Labute approximate surface area is 218 Å². The van der Waals surface area contributed by atoms with Gasteiger partial charge in [0.15, 0.2) is 0 Å². The monoisotopic (exact) mass is 519 g/mol. The Morgan fingerprint density at radius 1 is 1.08 bits per heavy atom. The minimum atomic E-state index is -0.289. The molecular weight excluding hydrogens is 494 g/mol. The summed E-state index contributed by atoms with van der Waals surface area (Å²) in [5.41, 5.74) is 1.58. The standard InChI is InChI=1S/C27H26ClN5O4/c28-22-11-3-1-9-20(22)25-31-24(37-32-25)17-33-13-5-7-18(16-33)26(34)30-23-12-4-2-10-21(23)27(35)29-15-19-8-6-14-36-19/h1-4,6,8-12,14,18H,5,7,13,15-17H2,(H,29,35)(H,30,34). The maximum Gasteiger partial charge on any atom is 0.253 e. The number of hydrogen-bond acceptors (Lipinski definition) is 7. The van der Waals surface area contributed by atoms with Crippen LogP contribution in [0.2, 0.25) is 5.02 Å². The van der Waals surface area contributed by atoms with E-state index in [1.54, 1.807) is 48.7 Å². The van der Waals surface area contributed by atoms with Crippen LogP contribution in [0.4, 0.5) is 5.69 Å². The van der Waals surface area contributed by atoms with E-state index in [0.29, 0.717) is 52.4 Å². The molecule has 0 bridgehead atoms. The molecule has 37 heavy (non-hydrogen) atoms. The molecule has 5 rings (SSSR count). The molecule has 2 amide bonds. The van der Waals surface area contributed by atoms with Crippen LogP contribution >= 0.6 is 11.6 Å². The second-order valence-corrected chi connectivity index (χ2v) is 9.27. The summed E-state index contributed by atoms with van der Waals surface area (Å²) in [5, 5.41) is 10.4. The number of anilines is 1. The normalized spacial score (nSPS) is 15.9. The fourth-order valence-corrected chi connectivity index (χ4v) is 4.60. The van der Waals surface area contributed by atoms with E-state index in [2.05, 4.69) is 25.7 Å². The fourth-order valence-electron chi connectivity index (χ4n) is 4.38. The Morgan fingerprint density at radius 3 is 2.76 bits per heavy atom. The van der Waals surface area contributed by atoms with Crippen molar-refractivity contribution in [3.05, 3.63) is 89.2 Å². The molecular formula is C27H26ClN5O4. The highest BCUT2D eigenvalue weighted by molar-refractivity contribution is 6.33. The summed E-state index contributed by atoms with van der Waals surface area (Å²) < 4.78 is 10.7. The first kappa shape index (κ1) is 24.7. The number of hydrogen-bond donors (Lipinski definition) is 2. The zero-order valence-electron chi connectivity index (χ0n) is 20.0. The lowest BCUT2D eigenvalue weighted by atomic mass is 9.96. The average Bonchev–Trinajstić information content (AvgIpc) is 3.60. The Morgan fingerprint density at radius 2 is 1.92 bits per heavy atom. The van der Waals surface area contributed by atoms with E-state index in [1.807, 2.05) is 18.2 Å². The molecule has 2 aromatic carbocycles. The molecule has 0 spiro atoms. The van der Waals surface area contributed by atoms with Gasteiger partial charge in [0.1, 0.15) is 5.76 Å². The average molecular weight is 520 g/mol. The highest BCUT2D eigenvalue weighted by Crippen LogP contribution is 2.26. The summed E-state index contributed by atoms with van der Waals surface area (Å²) in [7, 11) is 0. The van der Waals surface area contributed by atoms with E-state index in [0.717, 1.165) is 19.4 Å². The van der Waals surface area contributed by atoms with Gasteiger partial charge in [-0.2, -0.15) is 4.98 Å². The van der Waals surface area contributed by atoms with Gasteiger partial charge in [0.2, 0.25) is 17.6 Å². The molecule has 10 heteroatoms. The Balaban J connectivity index is 1.19. The maximum absolute atomic E-state index is 13.2. The van der Waals surface area contributed by atoms with Gasteiger partial charge in [0.25, 0.3) is 5.91 Å². The van der Waals surface area contributed by atoms with Crippen LogP contribution in [0.25, 0.3) is 11.4 Å². The van der Waals surface area contributed by atoms with Crippen LogP contribution < -0.4 is 10.6 Å². The Kier molecular flexibility index (Phi) is 7.62. The first-order valence-electron chi connectivity index (χ1n) is 12.1. The summed E-state index contributed by atoms with van der Waals surface area (Å²) in [5.74, 6) is 0.904. The number of nitrogens with one attached hydrogen (secondary N) is 2. The number of halogens is 1. The van der Waals surface area contributed by atoms with Gasteiger partial charge in [0, 0.05) is 12.1 Å². The molecule has 1 aliphatic heterocycles. The van der Waals surface area contributed by atoms with E-state index in [4.69, 9.17) is 20.5 Å². The number of rotatable bonds is 8. The molecule has 2 aromatic heterocycles. The number of benzene rings is 2. The Hall–Kier alpha value is -3.95. The predicted molar refractivity (Wildman–Crippen MR) is 138 cm³/mol. The van der Waals surface area contributed by atoms with Crippen LogP contribution in [0, 0.1) is 5.92 Å². The van der Waals surface area contributed by atoms with Gasteiger partial charge in [-0.1, -0.05) is 41.0 Å². The molecule has 1 fully saturated rings. The number of aromatic nitrogens is 2. The zero-order valence-corrected chi connectivity index (χ0v) is 20.8. The van der Waals surface area contributed by atoms with E-state index in [1.165, 1.54) is 0 Å². The lowest BCUT2D eigenvalue weighted by Gasteiger charge is -2.31. The molecule has 3 heterocycles. The van der Waals surface area contributed by atoms with Gasteiger partial charge < -0.3 is 19.6 Å². The van der Waals surface area contributed by atoms with Gasteiger partial charge in [-0.15, -0.1) is 0 Å². The lowest BCUT2D eigenvalue weighted by Crippen LogP contribution is -2.40. The Bertz CT molecular complexity index is 1370. The summed E-state index contributed by atoms with van der Waals surface area (Å²) in [6, 6.07) is 17.9. The number of carbonyl (C=O) groups excluding carboxylic acids is 2. The lowest BCUT2D eigenvalue weighted by molar-refractivity contribution is -0.121. The minimum absolute atomic E-state index is 0.127. The van der Waals surface area contributed by atoms with Gasteiger partial charge in [-0.05, 0) is 55.8 Å². The van der Waals surface area contributed by atoms with Gasteiger partial charge in [-0.3, -0.25) is 14.5 Å². The molecule has 0 radical (unpaired) electrons. The number of nitrogens with zero attached hydrogens (tertiary/aromatic N) is 3. The van der Waals surface area contributed by atoms with Crippen LogP contribution in [0.5, 0.6) is 0 Å². The molecule has 190 valence electrons. The summed E-state index contributed by atoms with van der Waals surface area (Å²) >= 11 is 6.25. The predicted octanol–water partition coefficient (Wildman–Crippen LogP) is 4.76.